The maximum absolute atomic E-state index is 11.5. The Morgan fingerprint density at radius 1 is 1.31 bits per heavy atom. The first kappa shape index (κ1) is 11.7. The van der Waals surface area contributed by atoms with E-state index in [-0.39, 0.29) is 13.0 Å². The first-order valence-corrected chi connectivity index (χ1v) is 3.43. The molecule has 0 aromatic carbocycles. The summed E-state index contributed by atoms with van der Waals surface area (Å²) >= 11 is 0. The third-order valence-corrected chi connectivity index (χ3v) is 1.17. The van der Waals surface area contributed by atoms with Gasteiger partial charge in [-0.2, -0.15) is 13.2 Å². The predicted molar refractivity (Wildman–Crippen MR) is 37.7 cm³/mol. The zero-order chi connectivity index (χ0) is 10.5. The minimum absolute atomic E-state index is 0.168. The Kier molecular flexibility index (Phi) is 4.22. The molecule has 0 aromatic heterocycles. The van der Waals surface area contributed by atoms with Crippen LogP contribution in [-0.4, -0.2) is 31.6 Å². The third kappa shape index (κ3) is 5.05. The van der Waals surface area contributed by atoms with E-state index in [9.17, 15) is 22.8 Å². The second-order valence-corrected chi connectivity index (χ2v) is 2.18. The average molecular weight is 198 g/mol. The topological polar surface area (TPSA) is 58.2 Å². The van der Waals surface area contributed by atoms with Crippen molar-refractivity contribution in [1.29, 1.82) is 0 Å². The number of carbonyl (C=O) groups is 2. The van der Waals surface area contributed by atoms with Crippen LogP contribution >= 0.6 is 0 Å². The predicted octanol–water partition coefficient (Wildman–Crippen LogP) is -0.199. The highest BCUT2D eigenvalue weighted by Crippen LogP contribution is 2.13. The van der Waals surface area contributed by atoms with Crippen LogP contribution in [-0.2, 0) is 9.59 Å². The molecule has 0 unspecified atom stereocenters. The standard InChI is InChI=1S/C6H9F3N2O2/c1-10-4(12)2-3-11-5(13)6(7,8)9/h2-3H2,1H3,(H,10,12)(H,11,13). The maximum Gasteiger partial charge on any atom is 0.471 e. The Morgan fingerprint density at radius 3 is 2.23 bits per heavy atom. The van der Waals surface area contributed by atoms with E-state index in [1.54, 1.807) is 5.32 Å². The first-order valence-electron chi connectivity index (χ1n) is 3.43. The lowest BCUT2D eigenvalue weighted by molar-refractivity contribution is -0.173. The molecule has 13 heavy (non-hydrogen) atoms. The van der Waals surface area contributed by atoms with Gasteiger partial charge in [-0.15, -0.1) is 0 Å². The third-order valence-electron chi connectivity index (χ3n) is 1.17. The Labute approximate surface area is 72.5 Å². The summed E-state index contributed by atoms with van der Waals surface area (Å²) in [6.07, 6.45) is -5.05. The molecule has 0 saturated heterocycles. The summed E-state index contributed by atoms with van der Waals surface area (Å²) in [6, 6.07) is 0. The molecule has 0 spiro atoms. The summed E-state index contributed by atoms with van der Waals surface area (Å²) in [5.74, 6) is -2.46. The van der Waals surface area contributed by atoms with Gasteiger partial charge in [-0.1, -0.05) is 0 Å². The van der Waals surface area contributed by atoms with Gasteiger partial charge in [-0.25, -0.2) is 0 Å². The van der Waals surface area contributed by atoms with Crippen molar-refractivity contribution in [2.45, 2.75) is 12.6 Å². The number of nitrogens with one attached hydrogen (secondary N) is 2. The zero-order valence-corrected chi connectivity index (χ0v) is 6.86. The van der Waals surface area contributed by atoms with E-state index in [2.05, 4.69) is 5.32 Å². The molecule has 0 aliphatic rings. The van der Waals surface area contributed by atoms with Gasteiger partial charge >= 0.3 is 12.1 Å². The summed E-state index contributed by atoms with van der Waals surface area (Å²) in [5, 5.41) is 3.77. The number of rotatable bonds is 3. The minimum Gasteiger partial charge on any atom is -0.359 e. The molecule has 0 radical (unpaired) electrons. The van der Waals surface area contributed by atoms with Crippen LogP contribution in [0.2, 0.25) is 0 Å². The quantitative estimate of drug-likeness (QED) is 0.659. The van der Waals surface area contributed by atoms with Crippen molar-refractivity contribution >= 4 is 11.8 Å². The van der Waals surface area contributed by atoms with E-state index in [0.29, 0.717) is 0 Å². The van der Waals surface area contributed by atoms with Gasteiger partial charge in [0.05, 0.1) is 0 Å². The number of carbonyl (C=O) groups excluding carboxylic acids is 2. The molecule has 0 fully saturated rings. The highest BCUT2D eigenvalue weighted by atomic mass is 19.4. The number of hydrogen-bond acceptors (Lipinski definition) is 2. The minimum atomic E-state index is -4.89. The molecule has 0 aliphatic carbocycles. The summed E-state index contributed by atoms with van der Waals surface area (Å²) in [7, 11) is 1.36. The van der Waals surface area contributed by atoms with Gasteiger partial charge in [0.15, 0.2) is 0 Å². The van der Waals surface area contributed by atoms with E-state index in [0.717, 1.165) is 0 Å². The van der Waals surface area contributed by atoms with E-state index < -0.39 is 18.0 Å². The molecule has 7 heteroatoms. The second kappa shape index (κ2) is 4.68. The zero-order valence-electron chi connectivity index (χ0n) is 6.86. The van der Waals surface area contributed by atoms with Crippen LogP contribution < -0.4 is 10.6 Å². The molecule has 76 valence electrons. The average Bonchev–Trinajstić information content (AvgIpc) is 2.02. The Hall–Kier alpha value is -1.27. The van der Waals surface area contributed by atoms with E-state index in [4.69, 9.17) is 0 Å². The van der Waals surface area contributed by atoms with Gasteiger partial charge in [0, 0.05) is 20.0 Å². The van der Waals surface area contributed by atoms with Gasteiger partial charge in [0.25, 0.3) is 0 Å². The lowest BCUT2D eigenvalue weighted by Crippen LogP contribution is -2.38. The molecule has 0 rings (SSSR count). The van der Waals surface area contributed by atoms with E-state index in [1.807, 2.05) is 0 Å². The molecule has 0 atom stereocenters. The molecule has 0 aromatic rings. The van der Waals surface area contributed by atoms with Gasteiger partial charge < -0.3 is 10.6 Å². The fourth-order valence-electron chi connectivity index (χ4n) is 0.515. The van der Waals surface area contributed by atoms with E-state index >= 15 is 0 Å². The summed E-state index contributed by atoms with van der Waals surface area (Å²) in [6.45, 7) is -0.321. The smallest absolute Gasteiger partial charge is 0.359 e. The Bertz CT molecular complexity index is 203. The molecule has 4 nitrogen and oxygen atoms in total. The van der Waals surface area contributed by atoms with Gasteiger partial charge in [-0.05, 0) is 0 Å². The lowest BCUT2D eigenvalue weighted by Gasteiger charge is -2.06. The molecule has 0 heterocycles. The second-order valence-electron chi connectivity index (χ2n) is 2.18. The van der Waals surface area contributed by atoms with Gasteiger partial charge in [0.1, 0.15) is 0 Å². The van der Waals surface area contributed by atoms with Crippen molar-refractivity contribution in [3.05, 3.63) is 0 Å². The SMILES string of the molecule is CNC(=O)CCNC(=O)C(F)(F)F. The number of alkyl halides is 3. The van der Waals surface area contributed by atoms with Crippen molar-refractivity contribution in [3.8, 4) is 0 Å². The van der Waals surface area contributed by atoms with Crippen LogP contribution in [0.1, 0.15) is 6.42 Å². The van der Waals surface area contributed by atoms with Crippen molar-refractivity contribution < 1.29 is 22.8 Å². The van der Waals surface area contributed by atoms with Crippen molar-refractivity contribution in [3.63, 3.8) is 0 Å². The number of halogens is 3. The van der Waals surface area contributed by atoms with Crippen LogP contribution in [0.15, 0.2) is 0 Å². The Balaban J connectivity index is 3.67. The van der Waals surface area contributed by atoms with Crippen LogP contribution in [0.5, 0.6) is 0 Å². The molecule has 2 N–H and O–H groups in total. The van der Waals surface area contributed by atoms with Crippen LogP contribution in [0.4, 0.5) is 13.2 Å². The largest absolute Gasteiger partial charge is 0.471 e. The summed E-state index contributed by atoms with van der Waals surface area (Å²) in [4.78, 5) is 20.7. The van der Waals surface area contributed by atoms with Gasteiger partial charge in [-0.3, -0.25) is 9.59 Å². The maximum atomic E-state index is 11.5. The summed E-state index contributed by atoms with van der Waals surface area (Å²) in [5.41, 5.74) is 0. The fourth-order valence-corrected chi connectivity index (χ4v) is 0.515. The molecule has 0 saturated carbocycles. The molecule has 0 bridgehead atoms. The molecular weight excluding hydrogens is 189 g/mol. The van der Waals surface area contributed by atoms with Gasteiger partial charge in [0.2, 0.25) is 5.91 Å². The van der Waals surface area contributed by atoms with Crippen LogP contribution in [0.25, 0.3) is 0 Å². The molecular formula is C6H9F3N2O2. The van der Waals surface area contributed by atoms with Crippen molar-refractivity contribution in [2.75, 3.05) is 13.6 Å². The highest BCUT2D eigenvalue weighted by Gasteiger charge is 2.38. The van der Waals surface area contributed by atoms with Crippen molar-refractivity contribution in [2.24, 2.45) is 0 Å². The monoisotopic (exact) mass is 198 g/mol. The number of amides is 2. The first-order chi connectivity index (χ1) is 5.88. The summed E-state index contributed by atoms with van der Waals surface area (Å²) < 4.78 is 34.6. The molecule has 0 aliphatic heterocycles. The highest BCUT2D eigenvalue weighted by molar-refractivity contribution is 5.82. The molecule has 2 amide bonds. The van der Waals surface area contributed by atoms with Crippen LogP contribution in [0, 0.1) is 0 Å². The Morgan fingerprint density at radius 2 is 1.85 bits per heavy atom. The fraction of sp³-hybridized carbons (Fsp3) is 0.667. The normalized spacial score (nSPS) is 10.8. The van der Waals surface area contributed by atoms with Crippen LogP contribution in [0.3, 0.4) is 0 Å². The van der Waals surface area contributed by atoms with E-state index in [1.165, 1.54) is 7.05 Å². The number of hydrogen-bond donors (Lipinski definition) is 2. The lowest BCUT2D eigenvalue weighted by atomic mass is 10.4. The van der Waals surface area contributed by atoms with Crippen molar-refractivity contribution in [1.82, 2.24) is 10.6 Å².